The molecule has 0 saturated heterocycles. The SMILES string of the molecule is COc1ccc(C#N)c2ccsc12. The Bertz CT molecular complexity index is 481. The first-order valence-corrected chi connectivity index (χ1v) is 4.69. The van der Waals surface area contributed by atoms with Crippen LogP contribution in [0.25, 0.3) is 10.1 Å². The van der Waals surface area contributed by atoms with Gasteiger partial charge in [-0.05, 0) is 23.6 Å². The van der Waals surface area contributed by atoms with Gasteiger partial charge in [0, 0.05) is 5.39 Å². The van der Waals surface area contributed by atoms with E-state index in [-0.39, 0.29) is 0 Å². The van der Waals surface area contributed by atoms with Crippen LogP contribution >= 0.6 is 11.3 Å². The van der Waals surface area contributed by atoms with Crippen LogP contribution in [-0.4, -0.2) is 7.11 Å². The summed E-state index contributed by atoms with van der Waals surface area (Å²) in [5.41, 5.74) is 0.706. The van der Waals surface area contributed by atoms with E-state index in [0.717, 1.165) is 15.8 Å². The number of nitriles is 1. The fourth-order valence-electron chi connectivity index (χ4n) is 1.29. The lowest BCUT2D eigenvalue weighted by molar-refractivity contribution is 0.420. The first-order valence-electron chi connectivity index (χ1n) is 3.81. The van der Waals surface area contributed by atoms with Crippen molar-refractivity contribution in [1.82, 2.24) is 0 Å². The van der Waals surface area contributed by atoms with Crippen molar-refractivity contribution in [1.29, 1.82) is 5.26 Å². The van der Waals surface area contributed by atoms with Crippen molar-refractivity contribution >= 4 is 21.4 Å². The molecule has 0 bridgehead atoms. The van der Waals surface area contributed by atoms with Gasteiger partial charge < -0.3 is 4.74 Å². The van der Waals surface area contributed by atoms with Gasteiger partial charge in [-0.3, -0.25) is 0 Å². The summed E-state index contributed by atoms with van der Waals surface area (Å²) in [6, 6.07) is 7.72. The van der Waals surface area contributed by atoms with Crippen LogP contribution in [0.2, 0.25) is 0 Å². The smallest absolute Gasteiger partial charge is 0.136 e. The van der Waals surface area contributed by atoms with Crippen LogP contribution in [0.5, 0.6) is 5.75 Å². The number of hydrogen-bond donors (Lipinski definition) is 0. The van der Waals surface area contributed by atoms with Gasteiger partial charge in [-0.2, -0.15) is 5.26 Å². The molecule has 0 saturated carbocycles. The highest BCUT2D eigenvalue weighted by Gasteiger charge is 2.06. The summed E-state index contributed by atoms with van der Waals surface area (Å²) < 4.78 is 6.23. The number of methoxy groups -OCH3 is 1. The highest BCUT2D eigenvalue weighted by Crippen LogP contribution is 2.32. The lowest BCUT2D eigenvalue weighted by Gasteiger charge is -2.01. The molecule has 0 radical (unpaired) electrons. The maximum absolute atomic E-state index is 8.83. The Morgan fingerprint density at radius 2 is 2.23 bits per heavy atom. The van der Waals surface area contributed by atoms with E-state index in [0.29, 0.717) is 5.56 Å². The molecule has 0 N–H and O–H groups in total. The number of nitrogens with zero attached hydrogens (tertiary/aromatic N) is 1. The number of benzene rings is 1. The van der Waals surface area contributed by atoms with Crippen molar-refractivity contribution in [2.75, 3.05) is 7.11 Å². The zero-order valence-electron chi connectivity index (χ0n) is 7.07. The Labute approximate surface area is 80.0 Å². The van der Waals surface area contributed by atoms with E-state index in [1.54, 1.807) is 24.5 Å². The monoisotopic (exact) mass is 189 g/mol. The Balaban J connectivity index is 2.83. The molecule has 0 aliphatic rings. The molecular formula is C10H7NOS. The van der Waals surface area contributed by atoms with E-state index in [4.69, 9.17) is 10.00 Å². The van der Waals surface area contributed by atoms with Crippen molar-refractivity contribution in [2.45, 2.75) is 0 Å². The topological polar surface area (TPSA) is 33.0 Å². The molecular weight excluding hydrogens is 182 g/mol. The summed E-state index contributed by atoms with van der Waals surface area (Å²) in [5, 5.41) is 11.8. The van der Waals surface area contributed by atoms with Gasteiger partial charge in [0.25, 0.3) is 0 Å². The average Bonchev–Trinajstić information content (AvgIpc) is 2.64. The van der Waals surface area contributed by atoms with Gasteiger partial charge in [-0.25, -0.2) is 0 Å². The maximum Gasteiger partial charge on any atom is 0.136 e. The lowest BCUT2D eigenvalue weighted by Crippen LogP contribution is -1.83. The Morgan fingerprint density at radius 1 is 1.38 bits per heavy atom. The number of ether oxygens (including phenoxy) is 1. The summed E-state index contributed by atoms with van der Waals surface area (Å²) in [7, 11) is 1.64. The van der Waals surface area contributed by atoms with Crippen LogP contribution in [0.15, 0.2) is 23.6 Å². The first kappa shape index (κ1) is 8.09. The molecule has 1 aromatic carbocycles. The predicted octanol–water partition coefficient (Wildman–Crippen LogP) is 2.78. The largest absolute Gasteiger partial charge is 0.495 e. The lowest BCUT2D eigenvalue weighted by atomic mass is 10.1. The van der Waals surface area contributed by atoms with Crippen LogP contribution in [0.1, 0.15) is 5.56 Å². The van der Waals surface area contributed by atoms with Gasteiger partial charge in [-0.15, -0.1) is 11.3 Å². The molecule has 2 nitrogen and oxygen atoms in total. The Hall–Kier alpha value is -1.53. The first-order chi connectivity index (χ1) is 6.36. The van der Waals surface area contributed by atoms with Crippen LogP contribution in [0.4, 0.5) is 0 Å². The zero-order valence-corrected chi connectivity index (χ0v) is 7.89. The highest BCUT2D eigenvalue weighted by atomic mass is 32.1. The third-order valence-electron chi connectivity index (χ3n) is 1.92. The fourth-order valence-corrected chi connectivity index (χ4v) is 2.21. The van der Waals surface area contributed by atoms with Gasteiger partial charge in [0.1, 0.15) is 5.75 Å². The van der Waals surface area contributed by atoms with Crippen LogP contribution < -0.4 is 4.74 Å². The van der Waals surface area contributed by atoms with Crippen LogP contribution in [0.3, 0.4) is 0 Å². The summed E-state index contributed by atoms with van der Waals surface area (Å²) in [6.45, 7) is 0. The average molecular weight is 189 g/mol. The molecule has 0 amide bonds. The van der Waals surface area contributed by atoms with Crippen molar-refractivity contribution in [3.8, 4) is 11.8 Å². The van der Waals surface area contributed by atoms with E-state index in [9.17, 15) is 0 Å². The normalized spacial score (nSPS) is 9.85. The highest BCUT2D eigenvalue weighted by molar-refractivity contribution is 7.17. The van der Waals surface area contributed by atoms with E-state index in [1.807, 2.05) is 17.5 Å². The number of rotatable bonds is 1. The minimum Gasteiger partial charge on any atom is -0.495 e. The second-order valence-corrected chi connectivity index (χ2v) is 3.51. The minimum absolute atomic E-state index is 0.706. The summed E-state index contributed by atoms with van der Waals surface area (Å²) in [6.07, 6.45) is 0. The standard InChI is InChI=1S/C10H7NOS/c1-12-9-3-2-7(6-11)8-4-5-13-10(8)9/h2-5H,1H3. The third-order valence-corrected chi connectivity index (χ3v) is 2.85. The van der Waals surface area contributed by atoms with Crippen molar-refractivity contribution in [3.63, 3.8) is 0 Å². The third kappa shape index (κ3) is 1.16. The van der Waals surface area contributed by atoms with Crippen molar-refractivity contribution in [3.05, 3.63) is 29.1 Å². The van der Waals surface area contributed by atoms with Crippen LogP contribution in [0, 0.1) is 11.3 Å². The Kier molecular flexibility index (Phi) is 1.91. The molecule has 1 heterocycles. The van der Waals surface area contributed by atoms with Gasteiger partial charge in [-0.1, -0.05) is 0 Å². The second-order valence-electron chi connectivity index (χ2n) is 2.59. The fraction of sp³-hybridized carbons (Fsp3) is 0.100. The molecule has 0 aliphatic heterocycles. The van der Waals surface area contributed by atoms with E-state index < -0.39 is 0 Å². The van der Waals surface area contributed by atoms with Gasteiger partial charge in [0.05, 0.1) is 23.4 Å². The molecule has 64 valence electrons. The number of hydrogen-bond acceptors (Lipinski definition) is 3. The zero-order chi connectivity index (χ0) is 9.26. The van der Waals surface area contributed by atoms with Crippen molar-refractivity contribution < 1.29 is 4.74 Å². The molecule has 2 aromatic rings. The minimum atomic E-state index is 0.706. The number of fused-ring (bicyclic) bond motifs is 1. The molecule has 3 heteroatoms. The molecule has 0 aliphatic carbocycles. The predicted molar refractivity (Wildman–Crippen MR) is 53.1 cm³/mol. The van der Waals surface area contributed by atoms with Crippen LogP contribution in [-0.2, 0) is 0 Å². The van der Waals surface area contributed by atoms with Crippen molar-refractivity contribution in [2.24, 2.45) is 0 Å². The van der Waals surface area contributed by atoms with E-state index >= 15 is 0 Å². The maximum atomic E-state index is 8.83. The van der Waals surface area contributed by atoms with E-state index in [2.05, 4.69) is 6.07 Å². The summed E-state index contributed by atoms with van der Waals surface area (Å²) in [4.78, 5) is 0. The van der Waals surface area contributed by atoms with Gasteiger partial charge in [0.15, 0.2) is 0 Å². The second kappa shape index (κ2) is 3.08. The summed E-state index contributed by atoms with van der Waals surface area (Å²) >= 11 is 1.59. The van der Waals surface area contributed by atoms with Gasteiger partial charge >= 0.3 is 0 Å². The molecule has 0 unspecified atom stereocenters. The molecule has 13 heavy (non-hydrogen) atoms. The molecule has 1 aromatic heterocycles. The Morgan fingerprint density at radius 3 is 2.92 bits per heavy atom. The summed E-state index contributed by atoms with van der Waals surface area (Å²) in [5.74, 6) is 0.837. The molecule has 0 fully saturated rings. The molecule has 2 rings (SSSR count). The van der Waals surface area contributed by atoms with Gasteiger partial charge in [0.2, 0.25) is 0 Å². The number of thiophene rings is 1. The molecule has 0 atom stereocenters. The quantitative estimate of drug-likeness (QED) is 0.691. The van der Waals surface area contributed by atoms with E-state index in [1.165, 1.54) is 0 Å². The molecule has 0 spiro atoms.